The van der Waals surface area contributed by atoms with E-state index in [9.17, 15) is 18.0 Å². The molecule has 32 heavy (non-hydrogen) atoms. The number of ether oxygens (including phenoxy) is 1. The summed E-state index contributed by atoms with van der Waals surface area (Å²) in [4.78, 5) is 28.9. The topological polar surface area (TPSA) is 102 Å². The third-order valence-corrected chi connectivity index (χ3v) is 9.26. The van der Waals surface area contributed by atoms with Gasteiger partial charge in [-0.25, -0.2) is 18.2 Å². The molecule has 2 aromatic carbocycles. The summed E-state index contributed by atoms with van der Waals surface area (Å²) in [7, 11) is -3.14. The van der Waals surface area contributed by atoms with Crippen molar-refractivity contribution in [2.45, 2.75) is 29.0 Å². The van der Waals surface area contributed by atoms with Gasteiger partial charge in [0, 0.05) is 5.75 Å². The van der Waals surface area contributed by atoms with E-state index in [0.29, 0.717) is 12.0 Å². The minimum Gasteiger partial charge on any atom is -0.452 e. The molecule has 1 fully saturated rings. The van der Waals surface area contributed by atoms with E-state index in [0.717, 1.165) is 25.9 Å². The Morgan fingerprint density at radius 2 is 1.94 bits per heavy atom. The largest absolute Gasteiger partial charge is 0.452 e. The van der Waals surface area contributed by atoms with Gasteiger partial charge in [0.2, 0.25) is 0 Å². The highest BCUT2D eigenvalue weighted by atomic mass is 32.2. The van der Waals surface area contributed by atoms with Crippen LogP contribution in [-0.2, 0) is 25.1 Å². The number of sulfone groups is 1. The Morgan fingerprint density at radius 3 is 2.62 bits per heavy atom. The van der Waals surface area contributed by atoms with Crippen molar-refractivity contribution in [1.29, 1.82) is 0 Å². The lowest BCUT2D eigenvalue weighted by Crippen LogP contribution is -2.48. The molecule has 1 aliphatic heterocycles. The van der Waals surface area contributed by atoms with Gasteiger partial charge in [-0.1, -0.05) is 36.0 Å². The normalized spacial score (nSPS) is 19.7. The summed E-state index contributed by atoms with van der Waals surface area (Å²) in [6.07, 6.45) is 0.353. The van der Waals surface area contributed by atoms with Crippen molar-refractivity contribution in [1.82, 2.24) is 10.3 Å². The van der Waals surface area contributed by atoms with E-state index in [2.05, 4.69) is 10.3 Å². The van der Waals surface area contributed by atoms with Gasteiger partial charge in [0.1, 0.15) is 0 Å². The second-order valence-corrected chi connectivity index (χ2v) is 12.4. The smallest absolute Gasteiger partial charge is 0.338 e. The van der Waals surface area contributed by atoms with Crippen LogP contribution in [0.2, 0.25) is 0 Å². The van der Waals surface area contributed by atoms with E-state index in [1.807, 2.05) is 36.4 Å². The van der Waals surface area contributed by atoms with Gasteiger partial charge in [0.15, 0.2) is 20.8 Å². The second-order valence-electron chi connectivity index (χ2n) is 7.96. The van der Waals surface area contributed by atoms with Crippen LogP contribution >= 0.6 is 23.1 Å². The molecule has 3 aromatic rings. The first-order valence-corrected chi connectivity index (χ1v) is 13.6. The minimum atomic E-state index is -3.14. The maximum absolute atomic E-state index is 12.2. The zero-order chi connectivity index (χ0) is 22.8. The second kappa shape index (κ2) is 9.21. The van der Waals surface area contributed by atoms with Crippen molar-refractivity contribution in [3.05, 3.63) is 59.7 Å². The van der Waals surface area contributed by atoms with Gasteiger partial charge >= 0.3 is 5.97 Å². The summed E-state index contributed by atoms with van der Waals surface area (Å²) >= 11 is 3.29. The molecule has 1 saturated heterocycles. The van der Waals surface area contributed by atoms with Gasteiger partial charge in [0.05, 0.1) is 32.8 Å². The van der Waals surface area contributed by atoms with Crippen LogP contribution in [-0.4, -0.2) is 48.9 Å². The molecule has 2 heterocycles. The number of para-hydroxylation sites is 1. The number of hydrogen-bond donors (Lipinski definition) is 1. The molecule has 1 N–H and O–H groups in total. The molecule has 0 aliphatic carbocycles. The summed E-state index contributed by atoms with van der Waals surface area (Å²) in [6.45, 7) is 1.23. The summed E-state index contributed by atoms with van der Waals surface area (Å²) in [6, 6.07) is 15.0. The fraction of sp³-hybridized carbons (Fsp3) is 0.318. The number of aromatic nitrogens is 1. The Hall–Kier alpha value is -2.43. The van der Waals surface area contributed by atoms with Crippen LogP contribution in [0.25, 0.3) is 10.2 Å². The molecular weight excluding hydrogens is 468 g/mol. The number of rotatable bonds is 7. The van der Waals surface area contributed by atoms with E-state index in [1.165, 1.54) is 0 Å². The number of esters is 1. The van der Waals surface area contributed by atoms with Crippen LogP contribution in [0.15, 0.2) is 52.9 Å². The van der Waals surface area contributed by atoms with Crippen LogP contribution < -0.4 is 5.32 Å². The van der Waals surface area contributed by atoms with Crippen LogP contribution in [0.5, 0.6) is 0 Å². The quantitative estimate of drug-likeness (QED) is 0.400. The third kappa shape index (κ3) is 5.67. The molecule has 1 atom stereocenters. The van der Waals surface area contributed by atoms with Crippen molar-refractivity contribution < 1.29 is 22.7 Å². The summed E-state index contributed by atoms with van der Waals surface area (Å²) in [5.74, 6) is -0.445. The van der Waals surface area contributed by atoms with Crippen molar-refractivity contribution >= 4 is 55.0 Å². The molecule has 7 nitrogen and oxygen atoms in total. The average molecular weight is 491 g/mol. The van der Waals surface area contributed by atoms with Crippen LogP contribution in [0, 0.1) is 0 Å². The molecular formula is C22H22N2O5S3. The Kier molecular flexibility index (Phi) is 6.55. The molecule has 10 heteroatoms. The highest BCUT2D eigenvalue weighted by Crippen LogP contribution is 2.31. The Labute approximate surface area is 194 Å². The zero-order valence-corrected chi connectivity index (χ0v) is 19.8. The molecule has 4 rings (SSSR count). The van der Waals surface area contributed by atoms with Crippen molar-refractivity contribution in [3.8, 4) is 0 Å². The number of thiazole rings is 1. The van der Waals surface area contributed by atoms with Crippen molar-refractivity contribution in [3.63, 3.8) is 0 Å². The molecule has 0 bridgehead atoms. The van der Waals surface area contributed by atoms with Crippen molar-refractivity contribution in [2.24, 2.45) is 0 Å². The van der Waals surface area contributed by atoms with Gasteiger partial charge in [-0.2, -0.15) is 0 Å². The third-order valence-electron chi connectivity index (χ3n) is 5.11. The fourth-order valence-corrected chi connectivity index (χ4v) is 7.61. The minimum absolute atomic E-state index is 0.0488. The number of hydrogen-bond acceptors (Lipinski definition) is 8. The number of amides is 1. The van der Waals surface area contributed by atoms with E-state index < -0.39 is 33.9 Å². The lowest BCUT2D eigenvalue weighted by molar-refractivity contribution is -0.125. The molecule has 168 valence electrons. The predicted molar refractivity (Wildman–Crippen MR) is 126 cm³/mol. The molecule has 0 radical (unpaired) electrons. The summed E-state index contributed by atoms with van der Waals surface area (Å²) < 4.78 is 30.5. The first-order chi connectivity index (χ1) is 15.2. The number of benzene rings is 2. The van der Waals surface area contributed by atoms with Crippen molar-refractivity contribution in [2.75, 3.05) is 18.1 Å². The first kappa shape index (κ1) is 22.8. The van der Waals surface area contributed by atoms with E-state index in [-0.39, 0.29) is 11.5 Å². The fourth-order valence-electron chi connectivity index (χ4n) is 3.49. The highest BCUT2D eigenvalue weighted by Gasteiger charge is 2.39. The van der Waals surface area contributed by atoms with Crippen LogP contribution in [0.1, 0.15) is 29.3 Å². The zero-order valence-electron chi connectivity index (χ0n) is 17.4. The number of thioether (sulfide) groups is 1. The number of fused-ring (bicyclic) bond motifs is 1. The van der Waals surface area contributed by atoms with E-state index in [4.69, 9.17) is 4.74 Å². The molecule has 0 spiro atoms. The Morgan fingerprint density at radius 1 is 1.19 bits per heavy atom. The number of carbonyl (C=O) groups is 2. The first-order valence-electron chi connectivity index (χ1n) is 9.97. The summed E-state index contributed by atoms with van der Waals surface area (Å²) in [5, 5.41) is 2.67. The maximum Gasteiger partial charge on any atom is 0.338 e. The monoisotopic (exact) mass is 490 g/mol. The SMILES string of the molecule is CC1(NC(=O)COC(=O)c2ccc(CSc3nc4ccccc4s3)cc2)CCS(=O)(=O)C1. The lowest BCUT2D eigenvalue weighted by Gasteiger charge is -2.23. The van der Waals surface area contributed by atoms with E-state index in [1.54, 1.807) is 42.2 Å². The Balaban J connectivity index is 1.26. The number of carbonyl (C=O) groups excluding carboxylic acids is 2. The van der Waals surface area contributed by atoms with Crippen LogP contribution in [0.4, 0.5) is 0 Å². The molecule has 1 aromatic heterocycles. The van der Waals surface area contributed by atoms with Gasteiger partial charge in [-0.05, 0) is 43.2 Å². The van der Waals surface area contributed by atoms with E-state index >= 15 is 0 Å². The standard InChI is InChI=1S/C22H22N2O5S3/c1-22(10-11-32(27,28)14-22)24-19(25)12-29-20(26)16-8-6-15(7-9-16)13-30-21-23-17-4-2-3-5-18(17)31-21/h2-9H,10-14H2,1H3,(H,24,25). The molecule has 1 unspecified atom stereocenters. The predicted octanol–water partition coefficient (Wildman–Crippen LogP) is 3.44. The number of nitrogens with zero attached hydrogens (tertiary/aromatic N) is 1. The lowest BCUT2D eigenvalue weighted by atomic mass is 10.0. The van der Waals surface area contributed by atoms with Gasteiger partial charge in [0.25, 0.3) is 5.91 Å². The average Bonchev–Trinajstić information content (AvgIpc) is 3.30. The van der Waals surface area contributed by atoms with Gasteiger partial charge in [-0.15, -0.1) is 11.3 Å². The molecule has 1 aliphatic rings. The van der Waals surface area contributed by atoms with Crippen LogP contribution in [0.3, 0.4) is 0 Å². The molecule has 1 amide bonds. The van der Waals surface area contributed by atoms with Gasteiger partial charge < -0.3 is 10.1 Å². The Bertz CT molecular complexity index is 1220. The molecule has 0 saturated carbocycles. The number of nitrogens with one attached hydrogen (secondary N) is 1. The summed E-state index contributed by atoms with van der Waals surface area (Å²) in [5.41, 5.74) is 1.57. The maximum atomic E-state index is 12.2. The highest BCUT2D eigenvalue weighted by molar-refractivity contribution is 8.00. The van der Waals surface area contributed by atoms with Gasteiger partial charge in [-0.3, -0.25) is 4.79 Å².